The molecule has 0 aromatic rings. The van der Waals surface area contributed by atoms with Crippen LogP contribution in [0.25, 0.3) is 0 Å². The molecule has 104 valence electrons. The molecule has 0 aromatic heterocycles. The molecule has 4 heteroatoms. The van der Waals surface area contributed by atoms with Crippen LogP contribution in [0.2, 0.25) is 0 Å². The van der Waals surface area contributed by atoms with Crippen LogP contribution in [0, 0.1) is 0 Å². The second kappa shape index (κ2) is 6.02. The van der Waals surface area contributed by atoms with Crippen molar-refractivity contribution in [1.82, 2.24) is 10.2 Å². The van der Waals surface area contributed by atoms with Gasteiger partial charge >= 0.3 is 0 Å². The highest BCUT2D eigenvalue weighted by molar-refractivity contribution is 5.77. The van der Waals surface area contributed by atoms with Crippen molar-refractivity contribution >= 4 is 5.91 Å². The monoisotopic (exact) mass is 254 g/mol. The number of hydrogen-bond donors (Lipinski definition) is 2. The molecule has 2 aliphatic rings. The molecule has 1 atom stereocenters. The minimum absolute atomic E-state index is 0.0116. The van der Waals surface area contributed by atoms with Crippen LogP contribution in [0.3, 0.4) is 0 Å². The van der Waals surface area contributed by atoms with Crippen molar-refractivity contribution in [1.29, 1.82) is 0 Å². The molecule has 2 rings (SSSR count). The van der Waals surface area contributed by atoms with E-state index in [0.717, 1.165) is 32.2 Å². The Morgan fingerprint density at radius 3 is 2.67 bits per heavy atom. The predicted molar refractivity (Wildman–Crippen MR) is 71.3 cm³/mol. The Labute approximate surface area is 110 Å². The minimum atomic E-state index is -0.320. The fraction of sp³-hybridized carbons (Fsp3) is 0.929. The van der Waals surface area contributed by atoms with E-state index >= 15 is 0 Å². The Morgan fingerprint density at radius 1 is 1.33 bits per heavy atom. The second-order valence-corrected chi connectivity index (χ2v) is 5.90. The summed E-state index contributed by atoms with van der Waals surface area (Å²) in [5, 5.41) is 13.0. The maximum atomic E-state index is 12.4. The minimum Gasteiger partial charge on any atom is -0.391 e. The zero-order valence-corrected chi connectivity index (χ0v) is 11.5. The summed E-state index contributed by atoms with van der Waals surface area (Å²) in [5.41, 5.74) is 0.0116. The number of nitrogens with zero attached hydrogens (tertiary/aromatic N) is 1. The smallest absolute Gasteiger partial charge is 0.224 e. The van der Waals surface area contributed by atoms with Crippen LogP contribution in [0.4, 0.5) is 0 Å². The highest BCUT2D eigenvalue weighted by Gasteiger charge is 2.34. The van der Waals surface area contributed by atoms with Crippen molar-refractivity contribution in [3.05, 3.63) is 0 Å². The number of β-amino-alcohol motifs (C(OH)–C–C–N with tert-alkyl or cyclic N) is 1. The molecular weight excluding hydrogens is 228 g/mol. The van der Waals surface area contributed by atoms with Gasteiger partial charge in [-0.25, -0.2) is 0 Å². The number of likely N-dealkylation sites (tertiary alicyclic amines) is 1. The van der Waals surface area contributed by atoms with E-state index in [9.17, 15) is 9.90 Å². The summed E-state index contributed by atoms with van der Waals surface area (Å²) in [6.45, 7) is 1.34. The molecule has 1 saturated heterocycles. The number of amides is 1. The molecule has 1 heterocycles. The maximum Gasteiger partial charge on any atom is 0.224 e. The molecule has 1 saturated carbocycles. The van der Waals surface area contributed by atoms with E-state index in [-0.39, 0.29) is 17.6 Å². The lowest BCUT2D eigenvalue weighted by Crippen LogP contribution is -2.51. The number of rotatable bonds is 3. The quantitative estimate of drug-likeness (QED) is 0.798. The summed E-state index contributed by atoms with van der Waals surface area (Å²) < 4.78 is 0. The number of hydrogen-bond acceptors (Lipinski definition) is 3. The van der Waals surface area contributed by atoms with Crippen LogP contribution in [-0.2, 0) is 4.79 Å². The molecule has 1 amide bonds. The van der Waals surface area contributed by atoms with E-state index in [1.807, 2.05) is 11.9 Å². The number of piperidine rings is 1. The topological polar surface area (TPSA) is 52.6 Å². The first kappa shape index (κ1) is 13.8. The normalized spacial score (nSPS) is 28.1. The molecule has 2 fully saturated rings. The first-order chi connectivity index (χ1) is 8.65. The van der Waals surface area contributed by atoms with E-state index in [1.165, 1.54) is 19.3 Å². The Hall–Kier alpha value is -0.610. The molecule has 1 aliphatic carbocycles. The SMILES string of the molecule is CNC1(CC(=O)N2CCC[C@H](O)C2)CCCCC1. The molecule has 4 nitrogen and oxygen atoms in total. The van der Waals surface area contributed by atoms with Gasteiger partial charge in [-0.1, -0.05) is 19.3 Å². The third kappa shape index (κ3) is 3.23. The summed E-state index contributed by atoms with van der Waals surface area (Å²) in [6.07, 6.45) is 7.97. The largest absolute Gasteiger partial charge is 0.391 e. The van der Waals surface area contributed by atoms with Gasteiger partial charge in [-0.15, -0.1) is 0 Å². The van der Waals surface area contributed by atoms with Crippen molar-refractivity contribution in [2.75, 3.05) is 20.1 Å². The number of carbonyl (C=O) groups excluding carboxylic acids is 1. The summed E-state index contributed by atoms with van der Waals surface area (Å²) >= 11 is 0. The molecule has 1 aliphatic heterocycles. The Balaban J connectivity index is 1.92. The second-order valence-electron chi connectivity index (χ2n) is 5.90. The van der Waals surface area contributed by atoms with Gasteiger partial charge in [-0.3, -0.25) is 4.79 Å². The zero-order valence-electron chi connectivity index (χ0n) is 11.5. The first-order valence-corrected chi connectivity index (χ1v) is 7.30. The molecule has 18 heavy (non-hydrogen) atoms. The number of aliphatic hydroxyl groups excluding tert-OH is 1. The Kier molecular flexibility index (Phi) is 4.62. The van der Waals surface area contributed by atoms with Crippen LogP contribution in [0.5, 0.6) is 0 Å². The lowest BCUT2D eigenvalue weighted by Gasteiger charge is -2.39. The number of carbonyl (C=O) groups is 1. The van der Waals surface area contributed by atoms with Gasteiger partial charge < -0.3 is 15.3 Å². The predicted octanol–water partition coefficient (Wildman–Crippen LogP) is 1.28. The van der Waals surface area contributed by atoms with Crippen LogP contribution in [-0.4, -0.2) is 47.7 Å². The lowest BCUT2D eigenvalue weighted by atomic mass is 9.79. The molecule has 0 radical (unpaired) electrons. The van der Waals surface area contributed by atoms with Crippen LogP contribution in [0.1, 0.15) is 51.4 Å². The molecule has 2 N–H and O–H groups in total. The van der Waals surface area contributed by atoms with Crippen molar-refractivity contribution in [3.63, 3.8) is 0 Å². The van der Waals surface area contributed by atoms with Crippen LogP contribution < -0.4 is 5.32 Å². The Morgan fingerprint density at radius 2 is 2.06 bits per heavy atom. The van der Waals surface area contributed by atoms with Crippen molar-refractivity contribution < 1.29 is 9.90 Å². The fourth-order valence-corrected chi connectivity index (χ4v) is 3.33. The van der Waals surface area contributed by atoms with Gasteiger partial charge in [-0.2, -0.15) is 0 Å². The van der Waals surface area contributed by atoms with E-state index < -0.39 is 0 Å². The Bertz CT molecular complexity index is 288. The summed E-state index contributed by atoms with van der Waals surface area (Å²) in [4.78, 5) is 14.2. The van der Waals surface area contributed by atoms with E-state index in [4.69, 9.17) is 0 Å². The standard InChI is InChI=1S/C14H26N2O2/c1-15-14(7-3-2-4-8-14)10-13(18)16-9-5-6-12(17)11-16/h12,15,17H,2-11H2,1H3/t12-/m0/s1. The zero-order chi connectivity index (χ0) is 13.0. The van der Waals surface area contributed by atoms with Gasteiger partial charge in [0.2, 0.25) is 5.91 Å². The van der Waals surface area contributed by atoms with Crippen molar-refractivity contribution in [3.8, 4) is 0 Å². The molecule has 0 aromatic carbocycles. The van der Waals surface area contributed by atoms with E-state index in [2.05, 4.69) is 5.32 Å². The highest BCUT2D eigenvalue weighted by Crippen LogP contribution is 2.31. The first-order valence-electron chi connectivity index (χ1n) is 7.30. The third-order valence-electron chi connectivity index (χ3n) is 4.58. The van der Waals surface area contributed by atoms with Gasteiger partial charge in [0.05, 0.1) is 6.10 Å². The maximum absolute atomic E-state index is 12.4. The molecule has 0 bridgehead atoms. The van der Waals surface area contributed by atoms with Gasteiger partial charge in [0.15, 0.2) is 0 Å². The van der Waals surface area contributed by atoms with Gasteiger partial charge in [0, 0.05) is 25.0 Å². The number of nitrogens with one attached hydrogen (secondary N) is 1. The summed E-state index contributed by atoms with van der Waals surface area (Å²) in [5.74, 6) is 0.213. The van der Waals surface area contributed by atoms with Gasteiger partial charge in [-0.05, 0) is 32.7 Å². The van der Waals surface area contributed by atoms with Crippen LogP contribution >= 0.6 is 0 Å². The number of aliphatic hydroxyl groups is 1. The average molecular weight is 254 g/mol. The summed E-state index contributed by atoms with van der Waals surface area (Å²) in [6, 6.07) is 0. The third-order valence-corrected chi connectivity index (χ3v) is 4.58. The van der Waals surface area contributed by atoms with E-state index in [0.29, 0.717) is 13.0 Å². The van der Waals surface area contributed by atoms with Crippen molar-refractivity contribution in [2.24, 2.45) is 0 Å². The van der Waals surface area contributed by atoms with Crippen LogP contribution in [0.15, 0.2) is 0 Å². The highest BCUT2D eigenvalue weighted by atomic mass is 16.3. The van der Waals surface area contributed by atoms with Gasteiger partial charge in [0.1, 0.15) is 0 Å². The van der Waals surface area contributed by atoms with Crippen molar-refractivity contribution in [2.45, 2.75) is 63.0 Å². The van der Waals surface area contributed by atoms with E-state index in [1.54, 1.807) is 0 Å². The molecule has 0 spiro atoms. The summed E-state index contributed by atoms with van der Waals surface area (Å²) in [7, 11) is 1.98. The molecule has 0 unspecified atom stereocenters. The average Bonchev–Trinajstić information content (AvgIpc) is 2.40. The fourth-order valence-electron chi connectivity index (χ4n) is 3.33. The van der Waals surface area contributed by atoms with Gasteiger partial charge in [0.25, 0.3) is 0 Å². The molecular formula is C14H26N2O2. The lowest BCUT2D eigenvalue weighted by molar-refractivity contribution is -0.136.